The summed E-state index contributed by atoms with van der Waals surface area (Å²) in [7, 11) is 0. The molecule has 1 saturated heterocycles. The van der Waals surface area contributed by atoms with Crippen molar-refractivity contribution >= 4 is 30.0 Å². The molecule has 2 rings (SSSR count). The number of piperazine rings is 1. The standard InChI is InChI=1S/C15H22N4O2.ClH/c1-12-11-16-8-10-19(12)9-7-14(20)18-15(21)17-13-5-3-2-4-6-13;/h2-6,12,16H,7-11H2,1H3,(H2,17,18,20,21);1H/t12-;/m0./s1. The van der Waals surface area contributed by atoms with Gasteiger partial charge < -0.3 is 10.6 Å². The summed E-state index contributed by atoms with van der Waals surface area (Å²) in [5.74, 6) is -0.255. The average Bonchev–Trinajstić information content (AvgIpc) is 2.47. The number of rotatable bonds is 4. The molecule has 1 heterocycles. The van der Waals surface area contributed by atoms with Crippen LogP contribution in [0.2, 0.25) is 0 Å². The van der Waals surface area contributed by atoms with Crippen LogP contribution in [-0.2, 0) is 4.79 Å². The number of carbonyl (C=O) groups excluding carboxylic acids is 2. The van der Waals surface area contributed by atoms with E-state index in [0.29, 0.717) is 24.7 Å². The van der Waals surface area contributed by atoms with E-state index >= 15 is 0 Å². The molecule has 7 heteroatoms. The van der Waals surface area contributed by atoms with Crippen LogP contribution in [0.4, 0.5) is 10.5 Å². The number of hydrogen-bond acceptors (Lipinski definition) is 4. The highest BCUT2D eigenvalue weighted by atomic mass is 35.5. The highest BCUT2D eigenvalue weighted by molar-refractivity contribution is 6.01. The molecule has 6 nitrogen and oxygen atoms in total. The molecule has 1 aliphatic rings. The van der Waals surface area contributed by atoms with E-state index in [9.17, 15) is 9.59 Å². The van der Waals surface area contributed by atoms with Gasteiger partial charge in [0.25, 0.3) is 0 Å². The molecule has 3 N–H and O–H groups in total. The van der Waals surface area contributed by atoms with Gasteiger partial charge in [-0.1, -0.05) is 18.2 Å². The molecule has 0 radical (unpaired) electrons. The van der Waals surface area contributed by atoms with Crippen LogP contribution < -0.4 is 16.0 Å². The molecule has 0 aliphatic carbocycles. The summed E-state index contributed by atoms with van der Waals surface area (Å²) in [5, 5.41) is 8.28. The number of halogens is 1. The minimum Gasteiger partial charge on any atom is -0.314 e. The van der Waals surface area contributed by atoms with E-state index in [1.54, 1.807) is 12.1 Å². The average molecular weight is 327 g/mol. The normalized spacial score (nSPS) is 18.1. The van der Waals surface area contributed by atoms with E-state index < -0.39 is 6.03 Å². The number of imide groups is 1. The van der Waals surface area contributed by atoms with Gasteiger partial charge in [-0.3, -0.25) is 15.0 Å². The second-order valence-corrected chi connectivity index (χ2v) is 5.21. The van der Waals surface area contributed by atoms with Crippen LogP contribution in [0.25, 0.3) is 0 Å². The summed E-state index contributed by atoms with van der Waals surface area (Å²) in [5.41, 5.74) is 0.665. The molecule has 0 saturated carbocycles. The minimum absolute atomic E-state index is 0. The molecule has 1 fully saturated rings. The van der Waals surface area contributed by atoms with Crippen molar-refractivity contribution < 1.29 is 9.59 Å². The van der Waals surface area contributed by atoms with Crippen molar-refractivity contribution in [3.05, 3.63) is 30.3 Å². The fraction of sp³-hybridized carbons (Fsp3) is 0.467. The van der Waals surface area contributed by atoms with Gasteiger partial charge >= 0.3 is 6.03 Å². The van der Waals surface area contributed by atoms with Crippen LogP contribution in [0, 0.1) is 0 Å². The van der Waals surface area contributed by atoms with Gasteiger partial charge in [-0.25, -0.2) is 4.79 Å². The summed E-state index contributed by atoms with van der Waals surface area (Å²) in [4.78, 5) is 25.7. The molecule has 1 atom stereocenters. The molecule has 1 aromatic rings. The summed E-state index contributed by atoms with van der Waals surface area (Å²) in [6.45, 7) is 5.63. The lowest BCUT2D eigenvalue weighted by Gasteiger charge is -2.33. The smallest absolute Gasteiger partial charge is 0.314 e. The third-order valence-corrected chi connectivity index (χ3v) is 3.55. The molecule has 1 aromatic carbocycles. The van der Waals surface area contributed by atoms with Crippen molar-refractivity contribution in [3.63, 3.8) is 0 Å². The Kier molecular flexibility index (Phi) is 7.87. The zero-order valence-corrected chi connectivity index (χ0v) is 13.5. The quantitative estimate of drug-likeness (QED) is 0.783. The number of anilines is 1. The zero-order valence-electron chi connectivity index (χ0n) is 12.7. The maximum Gasteiger partial charge on any atom is 0.325 e. The van der Waals surface area contributed by atoms with Gasteiger partial charge in [0.15, 0.2) is 0 Å². The maximum atomic E-state index is 11.8. The van der Waals surface area contributed by atoms with Gasteiger partial charge in [-0.05, 0) is 19.1 Å². The van der Waals surface area contributed by atoms with E-state index in [-0.39, 0.29) is 18.3 Å². The van der Waals surface area contributed by atoms with Crippen LogP contribution in [0.15, 0.2) is 30.3 Å². The first kappa shape index (κ1) is 18.4. The van der Waals surface area contributed by atoms with Gasteiger partial charge in [0, 0.05) is 44.3 Å². The van der Waals surface area contributed by atoms with Crippen molar-refractivity contribution in [3.8, 4) is 0 Å². The third-order valence-electron chi connectivity index (χ3n) is 3.55. The Morgan fingerprint density at radius 3 is 2.73 bits per heavy atom. The van der Waals surface area contributed by atoms with Crippen molar-refractivity contribution in [2.75, 3.05) is 31.5 Å². The second kappa shape index (κ2) is 9.40. The van der Waals surface area contributed by atoms with Crippen molar-refractivity contribution in [2.24, 2.45) is 0 Å². The van der Waals surface area contributed by atoms with Crippen LogP contribution in [0.3, 0.4) is 0 Å². The molecule has 3 amide bonds. The van der Waals surface area contributed by atoms with E-state index in [1.807, 2.05) is 18.2 Å². The molecular formula is C15H23ClN4O2. The Morgan fingerprint density at radius 1 is 1.32 bits per heavy atom. The molecule has 122 valence electrons. The fourth-order valence-electron chi connectivity index (χ4n) is 2.33. The number of nitrogens with one attached hydrogen (secondary N) is 3. The lowest BCUT2D eigenvalue weighted by atomic mass is 10.2. The van der Waals surface area contributed by atoms with Crippen LogP contribution in [0.5, 0.6) is 0 Å². The molecular weight excluding hydrogens is 304 g/mol. The first-order valence-electron chi connectivity index (χ1n) is 7.26. The van der Waals surface area contributed by atoms with Crippen molar-refractivity contribution in [1.82, 2.24) is 15.5 Å². The molecule has 0 spiro atoms. The minimum atomic E-state index is -0.487. The van der Waals surface area contributed by atoms with Crippen molar-refractivity contribution in [1.29, 1.82) is 0 Å². The summed E-state index contributed by atoms with van der Waals surface area (Å²) in [6.07, 6.45) is 0.326. The van der Waals surface area contributed by atoms with Gasteiger partial charge in [0.2, 0.25) is 5.91 Å². The zero-order chi connectivity index (χ0) is 15.1. The molecule has 0 bridgehead atoms. The Labute approximate surface area is 137 Å². The van der Waals surface area contributed by atoms with Gasteiger partial charge in [0.05, 0.1) is 0 Å². The third kappa shape index (κ3) is 6.01. The predicted molar refractivity (Wildman–Crippen MR) is 89.4 cm³/mol. The summed E-state index contributed by atoms with van der Waals surface area (Å²) in [6, 6.07) is 8.98. The lowest BCUT2D eigenvalue weighted by molar-refractivity contribution is -0.120. The molecule has 0 unspecified atom stereocenters. The highest BCUT2D eigenvalue weighted by Crippen LogP contribution is 2.05. The Morgan fingerprint density at radius 2 is 2.05 bits per heavy atom. The van der Waals surface area contributed by atoms with E-state index in [1.165, 1.54) is 0 Å². The number of para-hydroxylation sites is 1. The predicted octanol–water partition coefficient (Wildman–Crippen LogP) is 1.44. The van der Waals surface area contributed by atoms with Crippen molar-refractivity contribution in [2.45, 2.75) is 19.4 Å². The van der Waals surface area contributed by atoms with E-state index in [2.05, 4.69) is 27.8 Å². The van der Waals surface area contributed by atoms with Gasteiger partial charge in [-0.15, -0.1) is 12.4 Å². The van der Waals surface area contributed by atoms with Crippen LogP contribution >= 0.6 is 12.4 Å². The summed E-state index contributed by atoms with van der Waals surface area (Å²) >= 11 is 0. The molecule has 1 aliphatic heterocycles. The number of hydrogen-bond donors (Lipinski definition) is 3. The van der Waals surface area contributed by atoms with Crippen LogP contribution in [0.1, 0.15) is 13.3 Å². The maximum absolute atomic E-state index is 11.8. The van der Waals surface area contributed by atoms with Gasteiger partial charge in [0.1, 0.15) is 0 Å². The Hall–Kier alpha value is -1.63. The van der Waals surface area contributed by atoms with Crippen LogP contribution in [-0.4, -0.2) is 49.1 Å². The lowest BCUT2D eigenvalue weighted by Crippen LogP contribution is -2.50. The number of urea groups is 1. The molecule has 22 heavy (non-hydrogen) atoms. The number of nitrogens with zero attached hydrogens (tertiary/aromatic N) is 1. The first-order chi connectivity index (χ1) is 10.1. The van der Waals surface area contributed by atoms with E-state index in [4.69, 9.17) is 0 Å². The highest BCUT2D eigenvalue weighted by Gasteiger charge is 2.18. The second-order valence-electron chi connectivity index (χ2n) is 5.21. The topological polar surface area (TPSA) is 73.5 Å². The van der Waals surface area contributed by atoms with E-state index in [0.717, 1.165) is 19.6 Å². The Balaban J connectivity index is 0.00000242. The monoisotopic (exact) mass is 326 g/mol. The largest absolute Gasteiger partial charge is 0.325 e. The Bertz CT molecular complexity index is 484. The number of benzene rings is 1. The van der Waals surface area contributed by atoms with Gasteiger partial charge in [-0.2, -0.15) is 0 Å². The fourth-order valence-corrected chi connectivity index (χ4v) is 2.33. The molecule has 0 aromatic heterocycles. The summed E-state index contributed by atoms with van der Waals surface area (Å²) < 4.78 is 0. The first-order valence-corrected chi connectivity index (χ1v) is 7.26. The number of carbonyl (C=O) groups is 2. The number of amides is 3. The SMILES string of the molecule is C[C@H]1CNCCN1CCC(=O)NC(=O)Nc1ccccc1.Cl.